The number of carbonyl (C=O) groups is 1. The second kappa shape index (κ2) is 11.3. The minimum atomic E-state index is -4.14. The lowest BCUT2D eigenvalue weighted by Gasteiger charge is -2.26. The predicted octanol–water partition coefficient (Wildman–Crippen LogP) is 5.99. The summed E-state index contributed by atoms with van der Waals surface area (Å²) in [5.41, 5.74) is 2.92. The van der Waals surface area contributed by atoms with Crippen molar-refractivity contribution >= 4 is 33.2 Å². The molecule has 192 valence electrons. The second-order valence-corrected chi connectivity index (χ2v) is 11.1. The standard InChI is InChI=1S/C27H30ClFN2O4S/c1-17(2)22-15-23(18(3)13-26(22)35-5)19(4)30-27(32)16-31(20-11-12-25(29)24(28)14-20)36(33,34)21-9-7-6-8-10-21/h6-15,17,19H,16H2,1-5H3,(H,30,32)/t19-/m1/s1. The number of anilines is 1. The van der Waals surface area contributed by atoms with Crippen LogP contribution in [0.5, 0.6) is 5.75 Å². The van der Waals surface area contributed by atoms with Gasteiger partial charge in [-0.3, -0.25) is 9.10 Å². The maximum atomic E-state index is 13.8. The predicted molar refractivity (Wildman–Crippen MR) is 141 cm³/mol. The zero-order valence-corrected chi connectivity index (χ0v) is 22.5. The van der Waals surface area contributed by atoms with Gasteiger partial charge in [-0.25, -0.2) is 12.8 Å². The summed E-state index contributed by atoms with van der Waals surface area (Å²) in [6.45, 7) is 7.36. The molecule has 1 amide bonds. The van der Waals surface area contributed by atoms with Crippen LogP contribution in [0.4, 0.5) is 10.1 Å². The number of amides is 1. The lowest BCUT2D eigenvalue weighted by Crippen LogP contribution is -2.41. The van der Waals surface area contributed by atoms with Crippen LogP contribution in [-0.2, 0) is 14.8 Å². The van der Waals surface area contributed by atoms with Crippen LogP contribution in [0, 0.1) is 12.7 Å². The quantitative estimate of drug-likeness (QED) is 0.367. The van der Waals surface area contributed by atoms with Gasteiger partial charge in [-0.15, -0.1) is 0 Å². The van der Waals surface area contributed by atoms with E-state index in [2.05, 4.69) is 19.2 Å². The van der Waals surface area contributed by atoms with Gasteiger partial charge in [-0.2, -0.15) is 0 Å². The van der Waals surface area contributed by atoms with Crippen molar-refractivity contribution in [3.8, 4) is 5.75 Å². The highest BCUT2D eigenvalue weighted by Crippen LogP contribution is 2.32. The number of sulfonamides is 1. The van der Waals surface area contributed by atoms with Crippen molar-refractivity contribution in [1.82, 2.24) is 5.32 Å². The Morgan fingerprint density at radius 3 is 2.31 bits per heavy atom. The van der Waals surface area contributed by atoms with Crippen LogP contribution < -0.4 is 14.4 Å². The molecule has 0 unspecified atom stereocenters. The highest BCUT2D eigenvalue weighted by molar-refractivity contribution is 7.92. The molecule has 0 heterocycles. The fourth-order valence-corrected chi connectivity index (χ4v) is 5.59. The molecule has 3 aromatic carbocycles. The monoisotopic (exact) mass is 532 g/mol. The third-order valence-electron chi connectivity index (χ3n) is 5.89. The van der Waals surface area contributed by atoms with E-state index in [0.717, 1.165) is 32.8 Å². The van der Waals surface area contributed by atoms with E-state index in [-0.39, 0.29) is 21.5 Å². The Morgan fingerprint density at radius 1 is 1.06 bits per heavy atom. The highest BCUT2D eigenvalue weighted by atomic mass is 35.5. The number of halogens is 2. The van der Waals surface area contributed by atoms with Crippen LogP contribution >= 0.6 is 11.6 Å². The van der Waals surface area contributed by atoms with Crippen molar-refractivity contribution in [1.29, 1.82) is 0 Å². The molecule has 0 bridgehead atoms. The van der Waals surface area contributed by atoms with Gasteiger partial charge in [0.1, 0.15) is 18.1 Å². The van der Waals surface area contributed by atoms with Gasteiger partial charge < -0.3 is 10.1 Å². The first-order valence-electron chi connectivity index (χ1n) is 11.5. The molecule has 0 aliphatic rings. The zero-order chi connectivity index (χ0) is 26.6. The Bertz CT molecular complexity index is 1350. The molecule has 9 heteroatoms. The van der Waals surface area contributed by atoms with E-state index in [1.807, 2.05) is 26.0 Å². The van der Waals surface area contributed by atoms with Gasteiger partial charge in [0.05, 0.1) is 28.8 Å². The molecular formula is C27H30ClFN2O4S. The molecule has 6 nitrogen and oxygen atoms in total. The van der Waals surface area contributed by atoms with Crippen LogP contribution in [-0.4, -0.2) is 28.0 Å². The molecule has 1 N–H and O–H groups in total. The number of methoxy groups -OCH3 is 1. The van der Waals surface area contributed by atoms with Crippen LogP contribution in [0.3, 0.4) is 0 Å². The van der Waals surface area contributed by atoms with E-state index in [0.29, 0.717) is 0 Å². The van der Waals surface area contributed by atoms with Gasteiger partial charge in [0, 0.05) is 0 Å². The van der Waals surface area contributed by atoms with E-state index in [1.54, 1.807) is 25.3 Å². The molecule has 0 saturated heterocycles. The van der Waals surface area contributed by atoms with Gasteiger partial charge in [0.25, 0.3) is 10.0 Å². The van der Waals surface area contributed by atoms with E-state index >= 15 is 0 Å². The first-order chi connectivity index (χ1) is 16.9. The molecule has 0 saturated carbocycles. The number of nitrogens with one attached hydrogen (secondary N) is 1. The SMILES string of the molecule is COc1cc(C)c([C@@H](C)NC(=O)CN(c2ccc(F)c(Cl)c2)S(=O)(=O)c2ccccc2)cc1C(C)C. The minimum absolute atomic E-state index is 0.00105. The summed E-state index contributed by atoms with van der Waals surface area (Å²) >= 11 is 5.93. The lowest BCUT2D eigenvalue weighted by molar-refractivity contribution is -0.120. The summed E-state index contributed by atoms with van der Waals surface area (Å²) in [4.78, 5) is 13.1. The summed E-state index contributed by atoms with van der Waals surface area (Å²) in [6.07, 6.45) is 0. The van der Waals surface area contributed by atoms with Gasteiger partial charge >= 0.3 is 0 Å². The molecule has 0 aliphatic heterocycles. The van der Waals surface area contributed by atoms with Gasteiger partial charge in [0.2, 0.25) is 5.91 Å². The number of aryl methyl sites for hydroxylation is 1. The number of nitrogens with zero attached hydrogens (tertiary/aromatic N) is 1. The molecule has 0 aliphatic carbocycles. The maximum Gasteiger partial charge on any atom is 0.264 e. The van der Waals surface area contributed by atoms with Gasteiger partial charge in [-0.1, -0.05) is 43.6 Å². The zero-order valence-electron chi connectivity index (χ0n) is 20.9. The molecule has 0 fully saturated rings. The smallest absolute Gasteiger partial charge is 0.264 e. The van der Waals surface area contributed by atoms with Crippen molar-refractivity contribution in [2.45, 2.75) is 44.6 Å². The normalized spacial score (nSPS) is 12.3. The van der Waals surface area contributed by atoms with Crippen molar-refractivity contribution in [3.05, 3.63) is 88.2 Å². The van der Waals surface area contributed by atoms with Crippen molar-refractivity contribution in [2.75, 3.05) is 18.0 Å². The molecule has 36 heavy (non-hydrogen) atoms. The van der Waals surface area contributed by atoms with Crippen molar-refractivity contribution < 1.29 is 22.3 Å². The number of hydrogen-bond acceptors (Lipinski definition) is 4. The number of benzene rings is 3. The first kappa shape index (κ1) is 27.5. The highest BCUT2D eigenvalue weighted by Gasteiger charge is 2.28. The Kier molecular flexibility index (Phi) is 8.63. The van der Waals surface area contributed by atoms with Crippen molar-refractivity contribution in [2.24, 2.45) is 0 Å². The van der Waals surface area contributed by atoms with E-state index in [4.69, 9.17) is 16.3 Å². The molecule has 1 atom stereocenters. The molecule has 3 aromatic rings. The third-order valence-corrected chi connectivity index (χ3v) is 7.97. The third kappa shape index (κ3) is 5.99. The fourth-order valence-electron chi connectivity index (χ4n) is 3.98. The van der Waals surface area contributed by atoms with Gasteiger partial charge in [-0.05, 0) is 78.9 Å². The first-order valence-corrected chi connectivity index (χ1v) is 13.3. The average Bonchev–Trinajstić information content (AvgIpc) is 2.84. The molecule has 3 rings (SSSR count). The summed E-state index contributed by atoms with van der Waals surface area (Å²) in [6, 6.07) is 14.8. The molecule has 0 aromatic heterocycles. The van der Waals surface area contributed by atoms with Crippen molar-refractivity contribution in [3.63, 3.8) is 0 Å². The second-order valence-electron chi connectivity index (χ2n) is 8.82. The summed E-state index contributed by atoms with van der Waals surface area (Å²) in [5, 5.41) is 2.65. The Morgan fingerprint density at radius 2 is 1.72 bits per heavy atom. The van der Waals surface area contributed by atoms with Gasteiger partial charge in [0.15, 0.2) is 0 Å². The largest absolute Gasteiger partial charge is 0.496 e. The molecule has 0 radical (unpaired) electrons. The fraction of sp³-hybridized carbons (Fsp3) is 0.296. The number of rotatable bonds is 9. The van der Waals surface area contributed by atoms with Crippen LogP contribution in [0.1, 0.15) is 49.4 Å². The van der Waals surface area contributed by atoms with E-state index in [9.17, 15) is 17.6 Å². The summed E-state index contributed by atoms with van der Waals surface area (Å²) in [7, 11) is -2.52. The summed E-state index contributed by atoms with van der Waals surface area (Å²) < 4.78 is 47.1. The topological polar surface area (TPSA) is 75.7 Å². The Labute approximate surface area is 217 Å². The van der Waals surface area contributed by atoms with Crippen LogP contribution in [0.2, 0.25) is 5.02 Å². The summed E-state index contributed by atoms with van der Waals surface area (Å²) in [5.74, 6) is -0.231. The maximum absolute atomic E-state index is 13.8. The Hall–Kier alpha value is -3.10. The minimum Gasteiger partial charge on any atom is -0.496 e. The Balaban J connectivity index is 1.93. The number of carbonyl (C=O) groups excluding carboxylic acids is 1. The number of hydrogen-bond donors (Lipinski definition) is 1. The van der Waals surface area contributed by atoms with E-state index < -0.39 is 34.3 Å². The lowest BCUT2D eigenvalue weighted by atomic mass is 9.93. The average molecular weight is 533 g/mol. The van der Waals surface area contributed by atoms with Crippen LogP contribution in [0.15, 0.2) is 65.6 Å². The molecule has 0 spiro atoms. The van der Waals surface area contributed by atoms with E-state index in [1.165, 1.54) is 24.3 Å². The van der Waals surface area contributed by atoms with Crippen LogP contribution in [0.25, 0.3) is 0 Å². The number of ether oxygens (including phenoxy) is 1. The molecular weight excluding hydrogens is 503 g/mol.